The first-order valence-corrected chi connectivity index (χ1v) is 29.2. The van der Waals surface area contributed by atoms with Crippen LogP contribution in [0.1, 0.15) is 329 Å². The molecule has 65 heavy (non-hydrogen) atoms. The molecule has 0 saturated carbocycles. The van der Waals surface area contributed by atoms with E-state index in [4.69, 9.17) is 14.2 Å². The lowest BCUT2D eigenvalue weighted by Gasteiger charge is -2.18. The predicted octanol–water partition coefficient (Wildman–Crippen LogP) is 19.3. The van der Waals surface area contributed by atoms with Gasteiger partial charge in [0, 0.05) is 19.3 Å². The van der Waals surface area contributed by atoms with E-state index in [9.17, 15) is 14.4 Å². The van der Waals surface area contributed by atoms with Gasteiger partial charge in [-0.2, -0.15) is 0 Å². The molecule has 0 aliphatic rings. The SMILES string of the molecule is CCCCCCCCCC/C=C\CCCCCCCCCCCC(=O)OCC(COC(=O)CCCCCCCC)OC(=O)CCCCCCCCCCCCCCCCCCCCCC. The van der Waals surface area contributed by atoms with Crippen LogP contribution in [0.2, 0.25) is 0 Å². The number of carbonyl (C=O) groups excluding carboxylic acids is 3. The molecular formula is C59H112O6. The maximum atomic E-state index is 12.8. The molecule has 0 aromatic carbocycles. The molecule has 0 rings (SSSR count). The summed E-state index contributed by atoms with van der Waals surface area (Å²) in [4.78, 5) is 37.9. The molecule has 1 unspecified atom stereocenters. The van der Waals surface area contributed by atoms with E-state index in [2.05, 4.69) is 32.9 Å². The molecule has 0 aromatic heterocycles. The number of carbonyl (C=O) groups is 3. The summed E-state index contributed by atoms with van der Waals surface area (Å²) in [6, 6.07) is 0. The third kappa shape index (κ3) is 53.0. The highest BCUT2D eigenvalue weighted by molar-refractivity contribution is 5.71. The van der Waals surface area contributed by atoms with Crippen LogP contribution in [-0.4, -0.2) is 37.2 Å². The fourth-order valence-corrected chi connectivity index (χ4v) is 8.85. The van der Waals surface area contributed by atoms with Crippen LogP contribution in [0, 0.1) is 0 Å². The van der Waals surface area contributed by atoms with E-state index < -0.39 is 6.10 Å². The minimum absolute atomic E-state index is 0.0663. The van der Waals surface area contributed by atoms with Gasteiger partial charge in [-0.15, -0.1) is 0 Å². The fraction of sp³-hybridized carbons (Fsp3) is 0.915. The molecule has 1 atom stereocenters. The van der Waals surface area contributed by atoms with Crippen LogP contribution in [0.4, 0.5) is 0 Å². The Bertz CT molecular complexity index is 1010. The number of esters is 3. The summed E-state index contributed by atoms with van der Waals surface area (Å²) in [5.41, 5.74) is 0. The van der Waals surface area contributed by atoms with Crippen LogP contribution in [0.5, 0.6) is 0 Å². The van der Waals surface area contributed by atoms with Crippen LogP contribution >= 0.6 is 0 Å². The van der Waals surface area contributed by atoms with Crippen molar-refractivity contribution in [2.75, 3.05) is 13.2 Å². The zero-order valence-electron chi connectivity index (χ0n) is 44.0. The van der Waals surface area contributed by atoms with Crippen LogP contribution in [-0.2, 0) is 28.6 Å². The van der Waals surface area contributed by atoms with Gasteiger partial charge in [0.1, 0.15) is 13.2 Å². The minimum atomic E-state index is -0.763. The standard InChI is InChI=1S/C59H112O6/c1-4-7-10-13-16-18-20-22-24-26-28-30-32-33-35-37-39-41-43-46-49-52-58(61)64-55-56(54-63-57(60)51-48-45-15-12-9-6-3)65-59(62)53-50-47-44-42-40-38-36-34-31-29-27-25-23-21-19-17-14-11-8-5-2/h26,28,56H,4-25,27,29-55H2,1-3H3/b28-26-. The summed E-state index contributed by atoms with van der Waals surface area (Å²) in [6.07, 6.45) is 62.4. The van der Waals surface area contributed by atoms with Crippen molar-refractivity contribution in [1.29, 1.82) is 0 Å². The quantitative estimate of drug-likeness (QED) is 0.0262. The first-order chi connectivity index (χ1) is 32.0. The number of rotatable bonds is 54. The monoisotopic (exact) mass is 917 g/mol. The lowest BCUT2D eigenvalue weighted by Crippen LogP contribution is -2.30. The molecule has 0 bridgehead atoms. The molecule has 6 heteroatoms. The van der Waals surface area contributed by atoms with Gasteiger partial charge in [0.2, 0.25) is 0 Å². The Labute approximate surface area is 405 Å². The Morgan fingerprint density at radius 3 is 0.769 bits per heavy atom. The molecule has 0 saturated heterocycles. The molecule has 0 aliphatic heterocycles. The second kappa shape index (κ2) is 54.8. The first-order valence-electron chi connectivity index (χ1n) is 29.2. The van der Waals surface area contributed by atoms with Crippen molar-refractivity contribution in [2.45, 2.75) is 335 Å². The van der Waals surface area contributed by atoms with Gasteiger partial charge in [-0.05, 0) is 44.9 Å². The fourth-order valence-electron chi connectivity index (χ4n) is 8.85. The van der Waals surface area contributed by atoms with E-state index in [0.29, 0.717) is 19.3 Å². The lowest BCUT2D eigenvalue weighted by molar-refractivity contribution is -0.167. The van der Waals surface area contributed by atoms with E-state index in [-0.39, 0.29) is 31.1 Å². The molecule has 384 valence electrons. The van der Waals surface area contributed by atoms with Crippen molar-refractivity contribution in [2.24, 2.45) is 0 Å². The highest BCUT2D eigenvalue weighted by Gasteiger charge is 2.19. The summed E-state index contributed by atoms with van der Waals surface area (Å²) >= 11 is 0. The summed E-state index contributed by atoms with van der Waals surface area (Å²) in [7, 11) is 0. The Balaban J connectivity index is 4.09. The molecule has 0 fully saturated rings. The minimum Gasteiger partial charge on any atom is -0.462 e. The van der Waals surface area contributed by atoms with Crippen molar-refractivity contribution in [3.63, 3.8) is 0 Å². The number of unbranched alkanes of at least 4 members (excludes halogenated alkanes) is 41. The summed E-state index contributed by atoms with van der Waals surface area (Å²) in [6.45, 7) is 6.63. The van der Waals surface area contributed by atoms with Crippen molar-refractivity contribution in [3.05, 3.63) is 12.2 Å². The highest BCUT2D eigenvalue weighted by atomic mass is 16.6. The van der Waals surface area contributed by atoms with Crippen molar-refractivity contribution in [3.8, 4) is 0 Å². The third-order valence-electron chi connectivity index (χ3n) is 13.3. The van der Waals surface area contributed by atoms with E-state index in [0.717, 1.165) is 57.8 Å². The maximum Gasteiger partial charge on any atom is 0.306 e. The number of allylic oxidation sites excluding steroid dienone is 2. The van der Waals surface area contributed by atoms with E-state index >= 15 is 0 Å². The zero-order valence-corrected chi connectivity index (χ0v) is 44.0. The summed E-state index contributed by atoms with van der Waals surface area (Å²) < 4.78 is 16.8. The van der Waals surface area contributed by atoms with E-state index in [1.54, 1.807) is 0 Å². The second-order valence-corrected chi connectivity index (χ2v) is 19.9. The first kappa shape index (κ1) is 63.1. The van der Waals surface area contributed by atoms with Gasteiger partial charge in [0.05, 0.1) is 0 Å². The highest BCUT2D eigenvalue weighted by Crippen LogP contribution is 2.17. The second-order valence-electron chi connectivity index (χ2n) is 19.9. The Morgan fingerprint density at radius 2 is 0.508 bits per heavy atom. The molecule has 0 radical (unpaired) electrons. The number of hydrogen-bond acceptors (Lipinski definition) is 6. The van der Waals surface area contributed by atoms with Gasteiger partial charge in [-0.25, -0.2) is 0 Å². The smallest absolute Gasteiger partial charge is 0.306 e. The van der Waals surface area contributed by atoms with Crippen molar-refractivity contribution >= 4 is 17.9 Å². The molecular weight excluding hydrogens is 805 g/mol. The molecule has 0 aliphatic carbocycles. The van der Waals surface area contributed by atoms with E-state index in [1.807, 2.05) is 0 Å². The predicted molar refractivity (Wildman–Crippen MR) is 280 cm³/mol. The molecule has 6 nitrogen and oxygen atoms in total. The summed E-state index contributed by atoms with van der Waals surface area (Å²) in [5.74, 6) is -0.856. The van der Waals surface area contributed by atoms with Crippen LogP contribution in [0.25, 0.3) is 0 Å². The molecule has 0 spiro atoms. The van der Waals surface area contributed by atoms with E-state index in [1.165, 1.54) is 231 Å². The normalized spacial score (nSPS) is 12.0. The van der Waals surface area contributed by atoms with Gasteiger partial charge < -0.3 is 14.2 Å². The van der Waals surface area contributed by atoms with Crippen LogP contribution in [0.3, 0.4) is 0 Å². The van der Waals surface area contributed by atoms with Gasteiger partial charge in [-0.1, -0.05) is 277 Å². The van der Waals surface area contributed by atoms with Gasteiger partial charge in [0.15, 0.2) is 6.10 Å². The third-order valence-corrected chi connectivity index (χ3v) is 13.3. The van der Waals surface area contributed by atoms with Crippen molar-refractivity contribution in [1.82, 2.24) is 0 Å². The lowest BCUT2D eigenvalue weighted by atomic mass is 10.0. The molecule has 0 N–H and O–H groups in total. The Hall–Kier alpha value is -1.85. The van der Waals surface area contributed by atoms with Gasteiger partial charge >= 0.3 is 17.9 Å². The van der Waals surface area contributed by atoms with Crippen LogP contribution in [0.15, 0.2) is 12.2 Å². The largest absolute Gasteiger partial charge is 0.462 e. The zero-order chi connectivity index (χ0) is 47.2. The molecule has 0 heterocycles. The average molecular weight is 918 g/mol. The average Bonchev–Trinajstić information content (AvgIpc) is 3.30. The molecule has 0 aromatic rings. The van der Waals surface area contributed by atoms with Gasteiger partial charge in [0.25, 0.3) is 0 Å². The Morgan fingerprint density at radius 1 is 0.292 bits per heavy atom. The molecule has 0 amide bonds. The van der Waals surface area contributed by atoms with Crippen molar-refractivity contribution < 1.29 is 28.6 Å². The topological polar surface area (TPSA) is 78.9 Å². The Kier molecular flexibility index (Phi) is 53.2. The van der Waals surface area contributed by atoms with Gasteiger partial charge in [-0.3, -0.25) is 14.4 Å². The number of hydrogen-bond donors (Lipinski definition) is 0. The number of ether oxygens (including phenoxy) is 3. The summed E-state index contributed by atoms with van der Waals surface area (Å²) in [5, 5.41) is 0. The van der Waals surface area contributed by atoms with Crippen LogP contribution < -0.4 is 0 Å². The maximum absolute atomic E-state index is 12.8.